The summed E-state index contributed by atoms with van der Waals surface area (Å²) in [5.41, 5.74) is 2.66. The summed E-state index contributed by atoms with van der Waals surface area (Å²) in [4.78, 5) is 11.0. The summed E-state index contributed by atoms with van der Waals surface area (Å²) in [5.74, 6) is 0.245. The topological polar surface area (TPSA) is 79.1 Å². The minimum atomic E-state index is -0.531. The summed E-state index contributed by atoms with van der Waals surface area (Å²) < 4.78 is 4.95. The molecule has 0 fully saturated rings. The van der Waals surface area contributed by atoms with Gasteiger partial charge in [-0.05, 0) is 33.9 Å². The zero-order valence-electron chi connectivity index (χ0n) is 14.8. The van der Waals surface area contributed by atoms with Crippen LogP contribution in [0.5, 0.6) is 5.75 Å². The Morgan fingerprint density at radius 2 is 1.57 bits per heavy atom. The predicted octanol–water partition coefficient (Wildman–Crippen LogP) is 3.45. The molecule has 2 N–H and O–H groups in total. The minimum Gasteiger partial charge on any atom is -0.507 e. The van der Waals surface area contributed by atoms with Gasteiger partial charge in [0, 0.05) is 6.42 Å². The second-order valence-corrected chi connectivity index (χ2v) is 8.05. The third-order valence-corrected chi connectivity index (χ3v) is 3.90. The number of hydrogen-bond acceptors (Lipinski definition) is 4. The maximum atomic E-state index is 11.0. The van der Waals surface area contributed by atoms with Gasteiger partial charge in [-0.3, -0.25) is 0 Å². The van der Waals surface area contributed by atoms with Crippen molar-refractivity contribution in [2.24, 2.45) is 0 Å². The number of nitrogens with zero attached hydrogens (tertiary/aromatic N) is 1. The number of benzene rings is 1. The van der Waals surface area contributed by atoms with Crippen molar-refractivity contribution in [3.05, 3.63) is 45.3 Å². The molecule has 0 unspecified atom stereocenters. The van der Waals surface area contributed by atoms with E-state index in [4.69, 9.17) is 4.42 Å². The Hall–Kier alpha value is -2.04. The molecule has 0 bridgehead atoms. The fourth-order valence-corrected chi connectivity index (χ4v) is 2.60. The molecule has 5 nitrogen and oxygen atoms in total. The molecule has 126 valence electrons. The number of nitrogens with one attached hydrogen (secondary N) is 1. The largest absolute Gasteiger partial charge is 0.507 e. The van der Waals surface area contributed by atoms with Crippen LogP contribution in [0.25, 0.3) is 0 Å². The molecular weight excluding hydrogens is 292 g/mol. The van der Waals surface area contributed by atoms with Crippen molar-refractivity contribution in [2.45, 2.75) is 65.2 Å². The number of aromatic nitrogens is 2. The lowest BCUT2D eigenvalue weighted by molar-refractivity contribution is 0.422. The predicted molar refractivity (Wildman–Crippen MR) is 90.0 cm³/mol. The zero-order chi connectivity index (χ0) is 17.4. The maximum Gasteiger partial charge on any atom is 0.434 e. The first-order chi connectivity index (χ1) is 10.5. The first-order valence-corrected chi connectivity index (χ1v) is 7.90. The summed E-state index contributed by atoms with van der Waals surface area (Å²) in [7, 11) is 0. The average molecular weight is 318 g/mol. The number of H-pyrrole nitrogens is 1. The Morgan fingerprint density at radius 1 is 1.04 bits per heavy atom. The van der Waals surface area contributed by atoms with Gasteiger partial charge in [-0.15, -0.1) is 5.10 Å². The molecule has 0 atom stereocenters. The molecule has 5 heteroatoms. The van der Waals surface area contributed by atoms with E-state index in [9.17, 15) is 9.90 Å². The van der Waals surface area contributed by atoms with Gasteiger partial charge in [0.1, 0.15) is 5.75 Å². The third kappa shape index (κ3) is 4.03. The fraction of sp³-hybridized carbons (Fsp3) is 0.556. The molecular formula is C18H26N2O3. The van der Waals surface area contributed by atoms with Crippen LogP contribution in [0.3, 0.4) is 0 Å². The average Bonchev–Trinajstić information content (AvgIpc) is 2.80. The monoisotopic (exact) mass is 318 g/mol. The highest BCUT2D eigenvalue weighted by Crippen LogP contribution is 2.39. The van der Waals surface area contributed by atoms with Crippen molar-refractivity contribution >= 4 is 0 Å². The number of aromatic hydroxyl groups is 1. The summed E-state index contributed by atoms with van der Waals surface area (Å²) in [6, 6.07) is 4.07. The van der Waals surface area contributed by atoms with E-state index < -0.39 is 5.76 Å². The second-order valence-electron chi connectivity index (χ2n) is 8.05. The van der Waals surface area contributed by atoms with Gasteiger partial charge in [-0.25, -0.2) is 9.89 Å². The van der Waals surface area contributed by atoms with Crippen LogP contribution in [0.15, 0.2) is 21.3 Å². The van der Waals surface area contributed by atoms with E-state index in [0.29, 0.717) is 24.5 Å². The van der Waals surface area contributed by atoms with Gasteiger partial charge in [0.15, 0.2) is 0 Å². The Morgan fingerprint density at radius 3 is 1.96 bits per heavy atom. The van der Waals surface area contributed by atoms with Crippen LogP contribution in [0.1, 0.15) is 64.1 Å². The van der Waals surface area contributed by atoms with Crippen molar-refractivity contribution in [3.8, 4) is 5.75 Å². The second kappa shape index (κ2) is 5.87. The SMILES string of the molecule is CC(C)(C)c1cc(CCc2n[nH]c(=O)o2)cc(C(C)(C)C)c1O. The van der Waals surface area contributed by atoms with Crippen molar-refractivity contribution in [3.63, 3.8) is 0 Å². The number of phenols is 1. The number of aromatic amines is 1. The van der Waals surface area contributed by atoms with Gasteiger partial charge < -0.3 is 9.52 Å². The van der Waals surface area contributed by atoms with Crippen LogP contribution in [0, 0.1) is 0 Å². The van der Waals surface area contributed by atoms with Gasteiger partial charge in [0.2, 0.25) is 5.89 Å². The Labute approximate surface area is 136 Å². The molecule has 0 saturated carbocycles. The first kappa shape index (κ1) is 17.3. The summed E-state index contributed by atoms with van der Waals surface area (Å²) in [5, 5.41) is 16.8. The number of phenolic OH excluding ortho intramolecular Hbond substituents is 1. The first-order valence-electron chi connectivity index (χ1n) is 7.90. The molecule has 2 rings (SSSR count). The minimum absolute atomic E-state index is 0.154. The van der Waals surface area contributed by atoms with Crippen LogP contribution in [-0.4, -0.2) is 15.3 Å². The van der Waals surface area contributed by atoms with Crippen LogP contribution >= 0.6 is 0 Å². The molecule has 2 aromatic rings. The van der Waals surface area contributed by atoms with Gasteiger partial charge in [0.05, 0.1) is 0 Å². The van der Waals surface area contributed by atoms with Crippen molar-refractivity contribution < 1.29 is 9.52 Å². The summed E-state index contributed by atoms with van der Waals surface area (Å²) in [6.45, 7) is 12.5. The molecule has 0 amide bonds. The van der Waals surface area contributed by atoms with E-state index in [-0.39, 0.29) is 10.8 Å². The number of hydrogen-bond donors (Lipinski definition) is 2. The molecule has 0 saturated heterocycles. The summed E-state index contributed by atoms with van der Waals surface area (Å²) in [6.07, 6.45) is 1.23. The standard InChI is InChI=1S/C18H26N2O3/c1-17(2,3)12-9-11(7-8-14-19-20-16(22)23-14)10-13(15(12)21)18(4,5)6/h9-10,21H,7-8H2,1-6H3,(H,20,22). The fourth-order valence-electron chi connectivity index (χ4n) is 2.60. The van der Waals surface area contributed by atoms with Gasteiger partial charge >= 0.3 is 5.76 Å². The molecule has 0 aliphatic rings. The summed E-state index contributed by atoms with van der Waals surface area (Å²) >= 11 is 0. The Kier molecular flexibility index (Phi) is 4.42. The molecule has 0 aliphatic heterocycles. The van der Waals surface area contributed by atoms with E-state index in [1.165, 1.54) is 0 Å². The molecule has 0 spiro atoms. The lowest BCUT2D eigenvalue weighted by Gasteiger charge is -2.28. The van der Waals surface area contributed by atoms with Crippen LogP contribution < -0.4 is 5.76 Å². The van der Waals surface area contributed by atoms with E-state index in [2.05, 4.69) is 51.7 Å². The lowest BCUT2D eigenvalue weighted by Crippen LogP contribution is -2.18. The van der Waals surface area contributed by atoms with E-state index in [0.717, 1.165) is 16.7 Å². The highest BCUT2D eigenvalue weighted by atomic mass is 16.4. The maximum absolute atomic E-state index is 11.0. The van der Waals surface area contributed by atoms with E-state index in [1.54, 1.807) is 0 Å². The van der Waals surface area contributed by atoms with Crippen LogP contribution in [-0.2, 0) is 23.7 Å². The highest BCUT2D eigenvalue weighted by molar-refractivity contribution is 5.50. The molecule has 0 aliphatic carbocycles. The van der Waals surface area contributed by atoms with Crippen molar-refractivity contribution in [1.82, 2.24) is 10.2 Å². The van der Waals surface area contributed by atoms with Gasteiger partial charge in [0.25, 0.3) is 0 Å². The van der Waals surface area contributed by atoms with Crippen molar-refractivity contribution in [2.75, 3.05) is 0 Å². The molecule has 1 heterocycles. The molecule has 0 radical (unpaired) electrons. The van der Waals surface area contributed by atoms with Crippen molar-refractivity contribution in [1.29, 1.82) is 0 Å². The number of rotatable bonds is 3. The molecule has 23 heavy (non-hydrogen) atoms. The van der Waals surface area contributed by atoms with E-state index >= 15 is 0 Å². The highest BCUT2D eigenvalue weighted by Gasteiger charge is 2.26. The van der Waals surface area contributed by atoms with E-state index in [1.807, 2.05) is 12.1 Å². The third-order valence-electron chi connectivity index (χ3n) is 3.90. The Balaban J connectivity index is 2.41. The molecule has 1 aromatic carbocycles. The van der Waals surface area contributed by atoms with Crippen LogP contribution in [0.4, 0.5) is 0 Å². The lowest BCUT2D eigenvalue weighted by atomic mass is 9.78. The smallest absolute Gasteiger partial charge is 0.434 e. The Bertz CT molecular complexity index is 708. The quantitative estimate of drug-likeness (QED) is 0.908. The molecule has 1 aromatic heterocycles. The van der Waals surface area contributed by atoms with Gasteiger partial charge in [-0.1, -0.05) is 53.7 Å². The number of aryl methyl sites for hydroxylation is 2. The van der Waals surface area contributed by atoms with Crippen LogP contribution in [0.2, 0.25) is 0 Å². The zero-order valence-corrected chi connectivity index (χ0v) is 14.8. The van der Waals surface area contributed by atoms with Gasteiger partial charge in [-0.2, -0.15) is 0 Å². The normalized spacial score (nSPS) is 12.6.